The van der Waals surface area contributed by atoms with E-state index in [0.717, 1.165) is 0 Å². The molecule has 0 saturated carbocycles. The molecule has 4 heteroatoms. The fourth-order valence-corrected chi connectivity index (χ4v) is 6.70. The second-order valence-corrected chi connectivity index (χ2v) is 12.3. The predicted molar refractivity (Wildman–Crippen MR) is 218 cm³/mol. The summed E-state index contributed by atoms with van der Waals surface area (Å²) in [5, 5.41) is 8.10. The van der Waals surface area contributed by atoms with Gasteiger partial charge >= 0.3 is 30.2 Å². The molecule has 250 valence electrons. The van der Waals surface area contributed by atoms with Crippen LogP contribution in [0.25, 0.3) is 54.6 Å². The molecule has 2 radical (unpaired) electrons. The van der Waals surface area contributed by atoms with E-state index in [1.165, 1.54) is 111 Å². The Hall–Kier alpha value is -2.74. The molecule has 0 atom stereocenters. The van der Waals surface area contributed by atoms with E-state index in [9.17, 15) is 0 Å². The molecule has 0 amide bonds. The van der Waals surface area contributed by atoms with Gasteiger partial charge < -0.3 is 14.9 Å². The first-order valence-corrected chi connectivity index (χ1v) is 19.6. The zero-order valence-electron chi connectivity index (χ0n) is 29.8. The Kier molecular flexibility index (Phi) is 17.0. The van der Waals surface area contributed by atoms with Crippen LogP contribution >= 0.6 is 24.8 Å². The molecule has 0 N–H and O–H groups in total. The number of aryl methyl sites for hydroxylation is 5. The molecule has 0 saturated heterocycles. The van der Waals surface area contributed by atoms with Crippen molar-refractivity contribution in [1.82, 2.24) is 0 Å². The van der Waals surface area contributed by atoms with E-state index in [0.29, 0.717) is 5.92 Å². The van der Waals surface area contributed by atoms with Crippen molar-refractivity contribution in [3.8, 4) is 22.3 Å². The van der Waals surface area contributed by atoms with Crippen molar-refractivity contribution in [2.24, 2.45) is 0 Å². The van der Waals surface area contributed by atoms with Gasteiger partial charge in [0.2, 0.25) is 0 Å². The molecule has 0 fully saturated rings. The standard InChI is InChI=1S/C21H17.C21H23.2CH3.2ClH.Si.Zr/c1-14-12-20-15(2)10-11-19(21(20)13-14)18-9-5-7-16-6-3-4-8-17(16)18;1-13(2)18-11-17-7-6-8-19(20(17)12-18)21-15(4)9-14(3)10-16(21)5;;;;;;/h3-13H,1-2H3;6-13H,1-5H3;2*1H3;2*1H;;/q4*-1;;;;. The van der Waals surface area contributed by atoms with Crippen molar-refractivity contribution in [1.29, 1.82) is 0 Å². The van der Waals surface area contributed by atoms with E-state index < -0.39 is 0 Å². The predicted octanol–water partition coefficient (Wildman–Crippen LogP) is 13.6. The van der Waals surface area contributed by atoms with Crippen LogP contribution in [0.15, 0.2) is 109 Å². The zero-order chi connectivity index (χ0) is 31.5. The summed E-state index contributed by atoms with van der Waals surface area (Å²) in [5.41, 5.74) is 13.6. The van der Waals surface area contributed by atoms with Crippen molar-refractivity contribution < 1.29 is 23.3 Å². The summed E-state index contributed by atoms with van der Waals surface area (Å²) >= 11 is 1.36. The number of rotatable bonds is 3. The van der Waals surface area contributed by atoms with Gasteiger partial charge in [-0.3, -0.25) is 0 Å². The van der Waals surface area contributed by atoms with Gasteiger partial charge in [-0.2, -0.15) is 12.1 Å². The van der Waals surface area contributed by atoms with E-state index >= 15 is 0 Å². The molecule has 7 aromatic carbocycles. The topological polar surface area (TPSA) is 0 Å². The Morgan fingerprint density at radius 3 is 1.81 bits per heavy atom. The number of benzene rings is 5. The van der Waals surface area contributed by atoms with Gasteiger partial charge in [-0.25, -0.2) is 0 Å². The third-order valence-corrected chi connectivity index (χ3v) is 8.72. The third kappa shape index (κ3) is 8.88. The summed E-state index contributed by atoms with van der Waals surface area (Å²) in [6, 6.07) is 40.2. The van der Waals surface area contributed by atoms with Gasteiger partial charge in [-0.1, -0.05) is 111 Å². The maximum atomic E-state index is 3.06. The molecule has 0 unspecified atom stereocenters. The molecule has 0 nitrogen and oxygen atoms in total. The fourth-order valence-electron chi connectivity index (χ4n) is 6.70. The van der Waals surface area contributed by atoms with Crippen molar-refractivity contribution in [3.63, 3.8) is 0 Å². The number of fused-ring (bicyclic) bond motifs is 3. The summed E-state index contributed by atoms with van der Waals surface area (Å²) in [5.74, 6) is 0.575. The van der Waals surface area contributed by atoms with Crippen molar-refractivity contribution in [2.75, 3.05) is 0 Å². The Morgan fingerprint density at radius 2 is 1.15 bits per heavy atom. The summed E-state index contributed by atoms with van der Waals surface area (Å²) in [6.45, 7) is 18.6. The molecule has 48 heavy (non-hydrogen) atoms. The van der Waals surface area contributed by atoms with E-state index in [1.54, 1.807) is 0 Å². The summed E-state index contributed by atoms with van der Waals surface area (Å²) < 4.78 is 0. The summed E-state index contributed by atoms with van der Waals surface area (Å²) in [6.07, 6.45) is 0. The molecule has 0 spiro atoms. The molecule has 0 aliphatic heterocycles. The zero-order valence-corrected chi connectivity index (χ0v) is 34.9. The average molecular weight is 767 g/mol. The van der Waals surface area contributed by atoms with Crippen LogP contribution in [0, 0.1) is 49.5 Å². The Labute approximate surface area is 319 Å². The van der Waals surface area contributed by atoms with Crippen LogP contribution in [0.5, 0.6) is 0 Å². The van der Waals surface area contributed by atoms with Gasteiger partial charge in [0.25, 0.3) is 0 Å². The number of halogens is 2. The first-order chi connectivity index (χ1) is 21.2. The van der Waals surface area contributed by atoms with E-state index in [4.69, 9.17) is 0 Å². The van der Waals surface area contributed by atoms with Gasteiger partial charge in [0.1, 0.15) is 0 Å². The molecule has 7 aromatic rings. The average Bonchev–Trinajstić information content (AvgIpc) is 3.63. The van der Waals surface area contributed by atoms with Crippen LogP contribution in [0.3, 0.4) is 0 Å². The molecule has 0 aromatic heterocycles. The summed E-state index contributed by atoms with van der Waals surface area (Å²) in [7, 11) is 0. The molecule has 0 aliphatic carbocycles. The monoisotopic (exact) mass is 764 g/mol. The number of hydrogen-bond donors (Lipinski definition) is 0. The van der Waals surface area contributed by atoms with Gasteiger partial charge in [-0.05, 0) is 59.7 Å². The molecule has 0 heterocycles. The second kappa shape index (κ2) is 18.9. The van der Waals surface area contributed by atoms with Crippen LogP contribution in [-0.4, -0.2) is 6.88 Å². The molecular formula is C44H48Cl2SiZr-4. The molecular weight excluding hydrogens is 719 g/mol. The Balaban J connectivity index is 0.000000423. The normalized spacial score (nSPS) is 10.1. The Morgan fingerprint density at radius 1 is 0.562 bits per heavy atom. The van der Waals surface area contributed by atoms with Crippen LogP contribution in [0.2, 0.25) is 0 Å². The quantitative estimate of drug-likeness (QED) is 0.124. The fraction of sp³-hybridized carbons (Fsp3) is 0.182. The van der Waals surface area contributed by atoms with Crippen LogP contribution in [0.1, 0.15) is 53.1 Å². The van der Waals surface area contributed by atoms with Crippen LogP contribution in [0.4, 0.5) is 0 Å². The first-order valence-electron chi connectivity index (χ1n) is 15.4. The van der Waals surface area contributed by atoms with E-state index in [1.807, 2.05) is 0 Å². The molecule has 0 aliphatic rings. The van der Waals surface area contributed by atoms with E-state index in [2.05, 4.69) is 165 Å². The van der Waals surface area contributed by atoms with Gasteiger partial charge in [0.05, 0.1) is 0 Å². The maximum absolute atomic E-state index is 3.06. The van der Waals surface area contributed by atoms with Crippen LogP contribution < -0.4 is 0 Å². The molecule has 7 rings (SSSR count). The first kappa shape index (κ1) is 43.3. The Bertz CT molecular complexity index is 2070. The summed E-state index contributed by atoms with van der Waals surface area (Å²) in [4.78, 5) is 0. The van der Waals surface area contributed by atoms with Gasteiger partial charge in [0.15, 0.2) is 0 Å². The van der Waals surface area contributed by atoms with Crippen molar-refractivity contribution in [2.45, 2.75) is 54.4 Å². The van der Waals surface area contributed by atoms with Crippen molar-refractivity contribution >= 4 is 64.0 Å². The third-order valence-electron chi connectivity index (χ3n) is 8.72. The SMILES string of the molecule is Cc1cc(C)c(-c2cccc3[cH-]c(C(C)C)cc23)c(C)c1.Cc1cc2c(-c3cccc4ccccc34)ccc(C)c2[cH-]1.Cl.Cl.[CH3-].[CH3-].[Si]=[Zr]. The van der Waals surface area contributed by atoms with Gasteiger partial charge in [0, 0.05) is 0 Å². The van der Waals surface area contributed by atoms with E-state index in [-0.39, 0.29) is 39.7 Å². The number of hydrogen-bond acceptors (Lipinski definition) is 0. The van der Waals surface area contributed by atoms with Gasteiger partial charge in [-0.15, -0.1) is 93.4 Å². The second-order valence-electron chi connectivity index (χ2n) is 12.3. The van der Waals surface area contributed by atoms with Crippen LogP contribution in [-0.2, 0) is 23.3 Å². The van der Waals surface area contributed by atoms with Crippen molar-refractivity contribution in [3.05, 3.63) is 157 Å². The molecule has 0 bridgehead atoms. The minimum atomic E-state index is 0. The minimum absolute atomic E-state index is 0.